The van der Waals surface area contributed by atoms with Crippen molar-refractivity contribution in [2.75, 3.05) is 25.0 Å². The SMILES string of the molecule is CCCNC(=O)CN(C)c1ncc(/C=C/C(=O)O)cn1. The molecule has 0 atom stereocenters. The number of hydrogen-bond donors (Lipinski definition) is 2. The van der Waals surface area contributed by atoms with Crippen LogP contribution in [0.1, 0.15) is 18.9 Å². The molecule has 0 aliphatic heterocycles. The molecule has 1 amide bonds. The van der Waals surface area contributed by atoms with Crippen LogP contribution in [0.4, 0.5) is 5.95 Å². The standard InChI is InChI=1S/C13H18N4O3/c1-3-6-14-11(18)9-17(2)13-15-7-10(8-16-13)4-5-12(19)20/h4-5,7-8H,3,6,9H2,1-2H3,(H,14,18)(H,19,20)/b5-4+. The Kier molecular flexibility index (Phi) is 6.15. The molecule has 0 radical (unpaired) electrons. The third-order valence-electron chi connectivity index (χ3n) is 2.37. The predicted octanol–water partition coefficient (Wildman–Crippen LogP) is 0.537. The molecule has 0 saturated heterocycles. The van der Waals surface area contributed by atoms with Crippen LogP contribution in [-0.2, 0) is 9.59 Å². The summed E-state index contributed by atoms with van der Waals surface area (Å²) in [6, 6.07) is 0. The number of hydrogen-bond acceptors (Lipinski definition) is 5. The monoisotopic (exact) mass is 278 g/mol. The second kappa shape index (κ2) is 7.88. The van der Waals surface area contributed by atoms with Crippen LogP contribution in [0.5, 0.6) is 0 Å². The van der Waals surface area contributed by atoms with Crippen molar-refractivity contribution in [3.05, 3.63) is 24.0 Å². The summed E-state index contributed by atoms with van der Waals surface area (Å²) in [4.78, 5) is 31.7. The molecule has 0 saturated carbocycles. The van der Waals surface area contributed by atoms with Gasteiger partial charge in [0.25, 0.3) is 0 Å². The minimum Gasteiger partial charge on any atom is -0.478 e. The van der Waals surface area contributed by atoms with E-state index in [1.807, 2.05) is 6.92 Å². The zero-order valence-electron chi connectivity index (χ0n) is 11.5. The van der Waals surface area contributed by atoms with E-state index in [2.05, 4.69) is 15.3 Å². The molecule has 0 bridgehead atoms. The lowest BCUT2D eigenvalue weighted by molar-refractivity contribution is -0.131. The van der Waals surface area contributed by atoms with E-state index in [1.54, 1.807) is 11.9 Å². The van der Waals surface area contributed by atoms with Crippen LogP contribution in [0.2, 0.25) is 0 Å². The van der Waals surface area contributed by atoms with Gasteiger partial charge in [0, 0.05) is 37.6 Å². The van der Waals surface area contributed by atoms with Crippen molar-refractivity contribution >= 4 is 23.9 Å². The Balaban J connectivity index is 2.59. The molecule has 1 aromatic heterocycles. The Bertz CT molecular complexity index is 485. The van der Waals surface area contributed by atoms with Gasteiger partial charge in [0.1, 0.15) is 0 Å². The van der Waals surface area contributed by atoms with Gasteiger partial charge in [-0.15, -0.1) is 0 Å². The van der Waals surface area contributed by atoms with E-state index < -0.39 is 5.97 Å². The van der Waals surface area contributed by atoms with Gasteiger partial charge in [-0.25, -0.2) is 14.8 Å². The van der Waals surface area contributed by atoms with Gasteiger partial charge in [0.2, 0.25) is 11.9 Å². The summed E-state index contributed by atoms with van der Waals surface area (Å²) in [5.41, 5.74) is 0.583. The molecule has 1 heterocycles. The lowest BCUT2D eigenvalue weighted by Crippen LogP contribution is -2.36. The van der Waals surface area contributed by atoms with Crippen LogP contribution in [0, 0.1) is 0 Å². The van der Waals surface area contributed by atoms with Crippen molar-refractivity contribution in [3.63, 3.8) is 0 Å². The number of rotatable bonds is 7. The molecular formula is C13H18N4O3. The minimum atomic E-state index is -1.03. The maximum atomic E-state index is 11.5. The highest BCUT2D eigenvalue weighted by Gasteiger charge is 2.08. The van der Waals surface area contributed by atoms with E-state index in [0.717, 1.165) is 12.5 Å². The Morgan fingerprint density at radius 3 is 2.60 bits per heavy atom. The number of carbonyl (C=O) groups is 2. The van der Waals surface area contributed by atoms with Gasteiger partial charge in [-0.05, 0) is 12.5 Å². The zero-order valence-corrected chi connectivity index (χ0v) is 11.5. The molecule has 2 N–H and O–H groups in total. The number of carbonyl (C=O) groups excluding carboxylic acids is 1. The van der Waals surface area contributed by atoms with Crippen molar-refractivity contribution in [3.8, 4) is 0 Å². The summed E-state index contributed by atoms with van der Waals surface area (Å²) in [6.07, 6.45) is 6.31. The highest BCUT2D eigenvalue weighted by atomic mass is 16.4. The van der Waals surface area contributed by atoms with Crippen LogP contribution in [0.25, 0.3) is 6.08 Å². The fourth-order valence-corrected chi connectivity index (χ4v) is 1.39. The fraction of sp³-hybridized carbons (Fsp3) is 0.385. The van der Waals surface area contributed by atoms with Gasteiger partial charge in [-0.2, -0.15) is 0 Å². The number of anilines is 1. The summed E-state index contributed by atoms with van der Waals surface area (Å²) in [6.45, 7) is 2.80. The summed E-state index contributed by atoms with van der Waals surface area (Å²) in [5, 5.41) is 11.3. The first kappa shape index (κ1) is 15.6. The lowest BCUT2D eigenvalue weighted by atomic mass is 10.3. The fourth-order valence-electron chi connectivity index (χ4n) is 1.39. The normalized spacial score (nSPS) is 10.5. The maximum Gasteiger partial charge on any atom is 0.328 e. The van der Waals surface area contributed by atoms with E-state index in [1.165, 1.54) is 18.5 Å². The van der Waals surface area contributed by atoms with Gasteiger partial charge in [-0.3, -0.25) is 4.79 Å². The largest absolute Gasteiger partial charge is 0.478 e. The first-order chi connectivity index (χ1) is 9.52. The summed E-state index contributed by atoms with van der Waals surface area (Å²) in [7, 11) is 1.72. The van der Waals surface area contributed by atoms with Crippen LogP contribution in [0.15, 0.2) is 18.5 Å². The van der Waals surface area contributed by atoms with E-state index in [-0.39, 0.29) is 12.5 Å². The number of carboxylic acid groups (broad SMARTS) is 1. The summed E-state index contributed by atoms with van der Waals surface area (Å²) < 4.78 is 0. The van der Waals surface area contributed by atoms with E-state index >= 15 is 0 Å². The molecule has 7 nitrogen and oxygen atoms in total. The average Bonchev–Trinajstić information content (AvgIpc) is 2.43. The van der Waals surface area contributed by atoms with Crippen molar-refractivity contribution in [2.45, 2.75) is 13.3 Å². The van der Waals surface area contributed by atoms with Crippen LogP contribution < -0.4 is 10.2 Å². The van der Waals surface area contributed by atoms with Gasteiger partial charge < -0.3 is 15.3 Å². The number of amides is 1. The lowest BCUT2D eigenvalue weighted by Gasteiger charge is -2.16. The number of aromatic nitrogens is 2. The number of aliphatic carboxylic acids is 1. The molecular weight excluding hydrogens is 260 g/mol. The Morgan fingerprint density at radius 2 is 2.05 bits per heavy atom. The van der Waals surface area contributed by atoms with E-state index in [0.29, 0.717) is 18.1 Å². The second-order valence-corrected chi connectivity index (χ2v) is 4.19. The van der Waals surface area contributed by atoms with E-state index in [4.69, 9.17) is 5.11 Å². The minimum absolute atomic E-state index is 0.0900. The topological polar surface area (TPSA) is 95.4 Å². The molecule has 0 spiro atoms. The number of nitrogens with one attached hydrogen (secondary N) is 1. The molecule has 0 unspecified atom stereocenters. The first-order valence-electron chi connectivity index (χ1n) is 6.23. The van der Waals surface area contributed by atoms with Gasteiger partial charge >= 0.3 is 5.97 Å². The molecule has 108 valence electrons. The predicted molar refractivity (Wildman–Crippen MR) is 75.3 cm³/mol. The Labute approximate surface area is 117 Å². The number of nitrogens with zero attached hydrogens (tertiary/aromatic N) is 3. The Morgan fingerprint density at radius 1 is 1.40 bits per heavy atom. The van der Waals surface area contributed by atoms with Crippen molar-refractivity contribution in [1.82, 2.24) is 15.3 Å². The first-order valence-corrected chi connectivity index (χ1v) is 6.23. The molecule has 0 aliphatic rings. The maximum absolute atomic E-state index is 11.5. The average molecular weight is 278 g/mol. The molecule has 1 rings (SSSR count). The highest BCUT2D eigenvalue weighted by molar-refractivity contribution is 5.85. The zero-order chi connectivity index (χ0) is 15.0. The van der Waals surface area contributed by atoms with Gasteiger partial charge in [-0.1, -0.05) is 6.92 Å². The molecule has 1 aromatic rings. The highest BCUT2D eigenvalue weighted by Crippen LogP contribution is 2.06. The smallest absolute Gasteiger partial charge is 0.328 e. The summed E-state index contributed by atoms with van der Waals surface area (Å²) >= 11 is 0. The van der Waals surface area contributed by atoms with Crippen LogP contribution in [0.3, 0.4) is 0 Å². The number of likely N-dealkylation sites (N-methyl/N-ethyl adjacent to an activating group) is 1. The second-order valence-electron chi connectivity index (χ2n) is 4.19. The quantitative estimate of drug-likeness (QED) is 0.707. The molecule has 0 aromatic carbocycles. The van der Waals surface area contributed by atoms with E-state index in [9.17, 15) is 9.59 Å². The number of carboxylic acids is 1. The van der Waals surface area contributed by atoms with Crippen molar-refractivity contribution in [2.24, 2.45) is 0 Å². The molecule has 7 heteroatoms. The van der Waals surface area contributed by atoms with Gasteiger partial charge in [0.15, 0.2) is 0 Å². The van der Waals surface area contributed by atoms with Gasteiger partial charge in [0.05, 0.1) is 6.54 Å². The van der Waals surface area contributed by atoms with Crippen molar-refractivity contribution in [1.29, 1.82) is 0 Å². The van der Waals surface area contributed by atoms with Crippen molar-refractivity contribution < 1.29 is 14.7 Å². The van der Waals surface area contributed by atoms with Crippen LogP contribution >= 0.6 is 0 Å². The van der Waals surface area contributed by atoms with Crippen LogP contribution in [-0.4, -0.2) is 47.1 Å². The molecule has 0 fully saturated rings. The summed E-state index contributed by atoms with van der Waals surface area (Å²) in [5.74, 6) is -0.712. The molecule has 20 heavy (non-hydrogen) atoms. The Hall–Kier alpha value is -2.44. The third kappa shape index (κ3) is 5.47. The third-order valence-corrected chi connectivity index (χ3v) is 2.37. The molecule has 0 aliphatic carbocycles.